The molecule has 3 aliphatic heterocycles. The van der Waals surface area contributed by atoms with Crippen molar-refractivity contribution in [3.8, 4) is 28.1 Å². The number of ether oxygens (including phenoxy) is 2. The number of likely N-dealkylation sites (N-methyl/N-ethyl adjacent to an activating group) is 1. The average molecular weight is 894 g/mol. The molecule has 4 N–H and O–H groups in total. The summed E-state index contributed by atoms with van der Waals surface area (Å²) in [5, 5.41) is 26.7. The molecule has 5 atom stereocenters. The van der Waals surface area contributed by atoms with Crippen LogP contribution >= 0.6 is 0 Å². The third kappa shape index (κ3) is 10.5. The highest BCUT2D eigenvalue weighted by Gasteiger charge is 2.40. The van der Waals surface area contributed by atoms with E-state index in [0.717, 1.165) is 44.4 Å². The zero-order valence-corrected chi connectivity index (χ0v) is 39.2. The van der Waals surface area contributed by atoms with Gasteiger partial charge in [-0.25, -0.2) is 5.43 Å². The number of phenolic OH excluding ortho intramolecular Hbond substituents is 1. The van der Waals surface area contributed by atoms with Crippen LogP contribution in [0.5, 0.6) is 5.75 Å². The van der Waals surface area contributed by atoms with Crippen LogP contribution in [0, 0.1) is 17.3 Å². The van der Waals surface area contributed by atoms with Gasteiger partial charge < -0.3 is 34.5 Å². The van der Waals surface area contributed by atoms with Crippen molar-refractivity contribution in [1.29, 1.82) is 0 Å². The number of methoxy groups -OCH3 is 1. The normalized spacial score (nSPS) is 21.5. The third-order valence-corrected chi connectivity index (χ3v) is 13.1. The summed E-state index contributed by atoms with van der Waals surface area (Å²) >= 11 is 0. The van der Waals surface area contributed by atoms with Gasteiger partial charge >= 0.3 is 5.97 Å². The number of phenols is 1. The number of cyclic esters (lactones) is 1. The van der Waals surface area contributed by atoms with Crippen LogP contribution in [0.4, 0.5) is 0 Å². The number of nitrogens with zero attached hydrogens (tertiary/aromatic N) is 5. The number of fused-ring (bicyclic) bond motifs is 6. The SMILES string of the molecule is CCn1c(-c2cnccc2COC)c2c3cc(ccc31)-c1cc(O)cc(c1)C[C@H](NC(=O)C(C(C)C)N(C)C(=O)[C@H]1CCN(C[C@H](C)O)C1)C(=O)N1CCC[C@H](N1)C(=O)OCC(C)(C)C2. The second-order valence-electron chi connectivity index (χ2n) is 19.4. The number of aliphatic hydroxyl groups is 1. The van der Waals surface area contributed by atoms with Crippen molar-refractivity contribution in [2.75, 3.05) is 46.9 Å². The highest BCUT2D eigenvalue weighted by molar-refractivity contribution is 5.96. The summed E-state index contributed by atoms with van der Waals surface area (Å²) in [4.78, 5) is 65.2. The smallest absolute Gasteiger partial charge is 0.324 e. The van der Waals surface area contributed by atoms with E-state index in [1.807, 2.05) is 38.2 Å². The Morgan fingerprint density at radius 2 is 1.86 bits per heavy atom. The molecule has 1 unspecified atom stereocenters. The van der Waals surface area contributed by atoms with Gasteiger partial charge in [0.05, 0.1) is 30.9 Å². The Balaban J connectivity index is 1.29. The Bertz CT molecular complexity index is 2390. The number of aromatic nitrogens is 2. The van der Waals surface area contributed by atoms with Crippen molar-refractivity contribution >= 4 is 34.6 Å². The first-order valence-electron chi connectivity index (χ1n) is 23.1. The number of carbonyl (C=O) groups excluding carboxylic acids is 4. The fraction of sp³-hybridized carbons (Fsp3) is 0.540. The number of aryl methyl sites for hydroxylation is 1. The fourth-order valence-corrected chi connectivity index (χ4v) is 10.1. The highest BCUT2D eigenvalue weighted by Crippen LogP contribution is 2.41. The number of nitrogens with one attached hydrogen (secondary N) is 2. The number of amides is 3. The number of likely N-dealkylation sites (tertiary alicyclic amines) is 1. The minimum atomic E-state index is -1.13. The Morgan fingerprint density at radius 1 is 1.08 bits per heavy atom. The van der Waals surface area contributed by atoms with Crippen molar-refractivity contribution in [3.05, 3.63) is 71.5 Å². The van der Waals surface area contributed by atoms with Crippen LogP contribution in [0.2, 0.25) is 0 Å². The van der Waals surface area contributed by atoms with Crippen LogP contribution in [0.3, 0.4) is 0 Å². The lowest BCUT2D eigenvalue weighted by atomic mass is 9.84. The second kappa shape index (κ2) is 20.0. The summed E-state index contributed by atoms with van der Waals surface area (Å²) in [6.45, 7) is 14.8. The van der Waals surface area contributed by atoms with E-state index in [4.69, 9.17) is 9.47 Å². The van der Waals surface area contributed by atoms with Crippen LogP contribution in [-0.2, 0) is 54.6 Å². The maximum absolute atomic E-state index is 14.7. The van der Waals surface area contributed by atoms with Gasteiger partial charge in [-0.15, -0.1) is 0 Å². The van der Waals surface area contributed by atoms with Gasteiger partial charge in [0.1, 0.15) is 23.9 Å². The minimum Gasteiger partial charge on any atom is -0.508 e. The van der Waals surface area contributed by atoms with Gasteiger partial charge in [0.25, 0.3) is 5.91 Å². The Hall–Kier alpha value is -5.35. The topological polar surface area (TPSA) is 179 Å². The number of hydrogen-bond acceptors (Lipinski definition) is 11. The van der Waals surface area contributed by atoms with Gasteiger partial charge in [-0.05, 0) is 110 Å². The summed E-state index contributed by atoms with van der Waals surface area (Å²) < 4.78 is 14.0. The third-order valence-electron chi connectivity index (χ3n) is 13.1. The Kier molecular flexibility index (Phi) is 14.7. The quantitative estimate of drug-likeness (QED) is 0.148. The number of β-amino-alcohol motifs (C(OH)–C–C–N with tert-alkyl or cyclic N) is 1. The van der Waals surface area contributed by atoms with E-state index in [-0.39, 0.29) is 36.5 Å². The van der Waals surface area contributed by atoms with Crippen molar-refractivity contribution in [2.24, 2.45) is 17.3 Å². The van der Waals surface area contributed by atoms with Crippen LogP contribution < -0.4 is 10.7 Å². The molecule has 2 aromatic heterocycles. The Morgan fingerprint density at radius 3 is 2.58 bits per heavy atom. The summed E-state index contributed by atoms with van der Waals surface area (Å²) in [7, 11) is 3.31. The lowest BCUT2D eigenvalue weighted by Crippen LogP contribution is -2.62. The number of pyridine rings is 1. The van der Waals surface area contributed by atoms with Gasteiger partial charge in [-0.1, -0.05) is 39.8 Å². The van der Waals surface area contributed by atoms with E-state index in [0.29, 0.717) is 70.6 Å². The lowest BCUT2D eigenvalue weighted by molar-refractivity contribution is -0.155. The molecular formula is C50H67N7O8. The molecule has 2 saturated heterocycles. The predicted octanol–water partition coefficient (Wildman–Crippen LogP) is 5.08. The maximum atomic E-state index is 14.7. The summed E-state index contributed by atoms with van der Waals surface area (Å²) in [5.74, 6) is -2.20. The molecular weight excluding hydrogens is 827 g/mol. The second-order valence-corrected chi connectivity index (χ2v) is 19.4. The molecule has 0 spiro atoms. The molecule has 2 fully saturated rings. The molecule has 7 rings (SSSR count). The van der Waals surface area contributed by atoms with E-state index < -0.39 is 47.4 Å². The van der Waals surface area contributed by atoms with Gasteiger partial charge in [0, 0.05) is 81.0 Å². The van der Waals surface area contributed by atoms with Crippen LogP contribution in [0.25, 0.3) is 33.3 Å². The standard InChI is InChI=1S/C50H67N7O8/c1-9-56-43-13-12-33-23-38(43)39(45(56)40-25-51-16-14-35(40)28-64-8)24-50(5,6)29-65-49(63)41-11-10-17-57(53-41)48(62)42(21-32-19-36(33)22-37(59)20-32)52-46(60)44(30(2)3)54(7)47(61)34-15-18-55(27-34)26-31(4)58/h12-14,16,19-20,22-23,25,30-31,34,41-42,44,53,58-59H,9-11,15,17-18,21,24,26-29H2,1-8H3,(H,52,60)/t31-,34-,41-,42-,44?/m0/s1. The number of aliphatic hydroxyl groups excluding tert-OH is 1. The van der Waals surface area contributed by atoms with E-state index in [9.17, 15) is 29.4 Å². The molecule has 15 heteroatoms. The number of esters is 1. The number of rotatable bonds is 11. The molecule has 2 aromatic carbocycles. The summed E-state index contributed by atoms with van der Waals surface area (Å²) in [6, 6.07) is 10.6. The van der Waals surface area contributed by atoms with Crippen LogP contribution in [0.15, 0.2) is 54.9 Å². The lowest BCUT2D eigenvalue weighted by Gasteiger charge is -2.37. The van der Waals surface area contributed by atoms with Gasteiger partial charge in [0.15, 0.2) is 0 Å². The highest BCUT2D eigenvalue weighted by atomic mass is 16.5. The monoisotopic (exact) mass is 894 g/mol. The first-order valence-corrected chi connectivity index (χ1v) is 23.1. The summed E-state index contributed by atoms with van der Waals surface area (Å²) in [5.41, 5.74) is 9.83. The van der Waals surface area contributed by atoms with Crippen molar-refractivity contribution in [1.82, 2.24) is 35.1 Å². The van der Waals surface area contributed by atoms with Crippen molar-refractivity contribution < 1.29 is 38.9 Å². The molecule has 4 aromatic rings. The Labute approximate surface area is 382 Å². The first kappa shape index (κ1) is 47.6. The first-order chi connectivity index (χ1) is 31.0. The van der Waals surface area contributed by atoms with E-state index in [2.05, 4.69) is 58.1 Å². The molecule has 0 radical (unpaired) electrons. The molecule has 5 heterocycles. The van der Waals surface area contributed by atoms with E-state index in [1.54, 1.807) is 39.4 Å². The van der Waals surface area contributed by atoms with E-state index in [1.165, 1.54) is 9.91 Å². The molecule has 3 amide bonds. The number of benzene rings is 2. The fourth-order valence-electron chi connectivity index (χ4n) is 10.1. The van der Waals surface area contributed by atoms with E-state index >= 15 is 0 Å². The number of aromatic hydroxyl groups is 1. The van der Waals surface area contributed by atoms with Crippen molar-refractivity contribution in [3.63, 3.8) is 0 Å². The largest absolute Gasteiger partial charge is 0.508 e. The number of hydrazine groups is 1. The summed E-state index contributed by atoms with van der Waals surface area (Å²) in [6.07, 6.45) is 5.29. The molecule has 15 nitrogen and oxygen atoms in total. The zero-order valence-electron chi connectivity index (χ0n) is 39.2. The van der Waals surface area contributed by atoms with Crippen LogP contribution in [-0.4, -0.2) is 129 Å². The number of carbonyl (C=O) groups is 4. The molecule has 3 aliphatic rings. The van der Waals surface area contributed by atoms with Gasteiger partial charge in [-0.2, -0.15) is 0 Å². The van der Waals surface area contributed by atoms with Gasteiger partial charge in [-0.3, -0.25) is 34.1 Å². The molecule has 6 bridgehead atoms. The average Bonchev–Trinajstić information content (AvgIpc) is 3.85. The van der Waals surface area contributed by atoms with Crippen molar-refractivity contribution in [2.45, 2.75) is 111 Å². The number of hydrogen-bond donors (Lipinski definition) is 4. The molecule has 0 aliphatic carbocycles. The zero-order chi connectivity index (χ0) is 46.7. The molecule has 350 valence electrons. The molecule has 0 saturated carbocycles. The van der Waals surface area contributed by atoms with Crippen LogP contribution in [0.1, 0.15) is 77.5 Å². The van der Waals surface area contributed by atoms with Gasteiger partial charge in [0.2, 0.25) is 11.8 Å². The molecule has 65 heavy (non-hydrogen) atoms. The predicted molar refractivity (Wildman–Crippen MR) is 248 cm³/mol. The maximum Gasteiger partial charge on any atom is 0.324 e. The minimum absolute atomic E-state index is 0.00256.